The molecule has 0 unspecified atom stereocenters. The molecule has 1 aromatic carbocycles. The van der Waals surface area contributed by atoms with Gasteiger partial charge in [0.1, 0.15) is 4.90 Å². The van der Waals surface area contributed by atoms with Crippen LogP contribution in [0.4, 0.5) is 0 Å². The third kappa shape index (κ3) is 4.83. The molecule has 0 bridgehead atoms. The van der Waals surface area contributed by atoms with Crippen LogP contribution in [0.25, 0.3) is 0 Å². The van der Waals surface area contributed by atoms with Crippen molar-refractivity contribution in [3.8, 4) is 0 Å². The average Bonchev–Trinajstić information content (AvgIpc) is 2.48. The van der Waals surface area contributed by atoms with Gasteiger partial charge in [-0.25, -0.2) is 13.1 Å². The zero-order valence-corrected chi connectivity index (χ0v) is 15.1. The van der Waals surface area contributed by atoms with E-state index in [9.17, 15) is 8.42 Å². The normalized spacial score (nSPS) is 22.7. The molecule has 0 radical (unpaired) electrons. The maximum atomic E-state index is 12.2. The molecule has 0 aliphatic carbocycles. The van der Waals surface area contributed by atoms with E-state index in [1.54, 1.807) is 17.0 Å². The zero-order valence-electron chi connectivity index (χ0n) is 12.7. The van der Waals surface area contributed by atoms with E-state index in [0.717, 1.165) is 18.9 Å². The first-order chi connectivity index (χ1) is 10.4. The Hall–Kier alpha value is -0.330. The van der Waals surface area contributed by atoms with Gasteiger partial charge in [0.25, 0.3) is 0 Å². The van der Waals surface area contributed by atoms with E-state index in [2.05, 4.69) is 11.6 Å². The molecule has 1 aromatic rings. The molecule has 0 spiro atoms. The summed E-state index contributed by atoms with van der Waals surface area (Å²) in [6.45, 7) is 6.09. The Morgan fingerprint density at radius 2 is 1.95 bits per heavy atom. The van der Waals surface area contributed by atoms with Crippen molar-refractivity contribution in [3.63, 3.8) is 0 Å². The number of benzene rings is 1. The molecule has 1 heterocycles. The quantitative estimate of drug-likeness (QED) is 0.757. The Balaban J connectivity index is 1.82. The molecule has 2 N–H and O–H groups in total. The van der Waals surface area contributed by atoms with Crippen LogP contribution in [0.3, 0.4) is 0 Å². The number of quaternary nitrogens is 1. The largest absolute Gasteiger partial charge is 0.335 e. The number of hydrogen-bond acceptors (Lipinski definition) is 2. The second-order valence-corrected chi connectivity index (χ2v) is 8.51. The molecule has 22 heavy (non-hydrogen) atoms. The van der Waals surface area contributed by atoms with Crippen LogP contribution in [0.2, 0.25) is 10.0 Å². The highest BCUT2D eigenvalue weighted by molar-refractivity contribution is 7.89. The number of nitrogens with one attached hydrogen (secondary N) is 2. The van der Waals surface area contributed by atoms with Gasteiger partial charge in [-0.15, -0.1) is 0 Å². The van der Waals surface area contributed by atoms with E-state index in [0.29, 0.717) is 6.54 Å². The zero-order chi connectivity index (χ0) is 16.2. The fourth-order valence-electron chi connectivity index (χ4n) is 2.73. The van der Waals surface area contributed by atoms with Crippen molar-refractivity contribution in [1.82, 2.24) is 4.72 Å². The lowest BCUT2D eigenvalue weighted by molar-refractivity contribution is -0.906. The van der Waals surface area contributed by atoms with Crippen LogP contribution in [0.15, 0.2) is 23.1 Å². The fourth-order valence-corrected chi connectivity index (χ4v) is 4.57. The fraction of sp³-hybridized carbons (Fsp3) is 0.600. The molecule has 2 rings (SSSR count). The number of sulfonamides is 1. The first-order valence-electron chi connectivity index (χ1n) is 7.67. The summed E-state index contributed by atoms with van der Waals surface area (Å²) in [5, 5.41) is 0.323. The van der Waals surface area contributed by atoms with E-state index < -0.39 is 10.0 Å². The van der Waals surface area contributed by atoms with Crippen molar-refractivity contribution in [2.24, 2.45) is 5.92 Å². The molecule has 0 saturated carbocycles. The second kappa shape index (κ2) is 7.97. The number of hydrogen-bond donors (Lipinski definition) is 2. The maximum Gasteiger partial charge on any atom is 0.242 e. The van der Waals surface area contributed by atoms with E-state index in [1.807, 2.05) is 0 Å². The lowest BCUT2D eigenvalue weighted by atomic mass is 9.99. The highest BCUT2D eigenvalue weighted by Crippen LogP contribution is 2.28. The Kier molecular flexibility index (Phi) is 6.53. The molecular weight excluding hydrogens is 343 g/mol. The van der Waals surface area contributed by atoms with Gasteiger partial charge in [-0.1, -0.05) is 36.2 Å². The Labute approximate surface area is 142 Å². The van der Waals surface area contributed by atoms with Crippen molar-refractivity contribution >= 4 is 33.2 Å². The van der Waals surface area contributed by atoms with Gasteiger partial charge in [-0.05, 0) is 30.9 Å². The summed E-state index contributed by atoms with van der Waals surface area (Å²) in [6.07, 6.45) is 3.35. The molecule has 1 aliphatic rings. The molecule has 1 aliphatic heterocycles. The van der Waals surface area contributed by atoms with Crippen molar-refractivity contribution in [3.05, 3.63) is 28.2 Å². The van der Waals surface area contributed by atoms with E-state index in [1.165, 1.54) is 32.0 Å². The minimum atomic E-state index is -3.60. The third-order valence-electron chi connectivity index (χ3n) is 4.19. The lowest BCUT2D eigenvalue weighted by Gasteiger charge is -2.27. The van der Waals surface area contributed by atoms with Gasteiger partial charge < -0.3 is 4.90 Å². The van der Waals surface area contributed by atoms with E-state index in [4.69, 9.17) is 23.2 Å². The van der Waals surface area contributed by atoms with Gasteiger partial charge in [0.05, 0.1) is 29.7 Å². The third-order valence-corrected chi connectivity index (χ3v) is 6.62. The number of rotatable bonds is 6. The molecule has 4 nitrogen and oxygen atoms in total. The summed E-state index contributed by atoms with van der Waals surface area (Å²) in [5.74, 6) is 0.826. The molecule has 0 amide bonds. The Bertz CT molecular complexity index is 600. The number of halogens is 2. The summed E-state index contributed by atoms with van der Waals surface area (Å²) in [4.78, 5) is 1.61. The maximum absolute atomic E-state index is 12.2. The topological polar surface area (TPSA) is 50.6 Å². The van der Waals surface area contributed by atoms with Crippen LogP contribution in [-0.2, 0) is 10.0 Å². The second-order valence-electron chi connectivity index (χ2n) is 5.99. The predicted octanol–water partition coefficient (Wildman–Crippen LogP) is 1.98. The Morgan fingerprint density at radius 3 is 2.64 bits per heavy atom. The average molecular weight is 366 g/mol. The van der Waals surface area contributed by atoms with Crippen molar-refractivity contribution in [2.75, 3.05) is 26.2 Å². The van der Waals surface area contributed by atoms with E-state index in [-0.39, 0.29) is 14.9 Å². The van der Waals surface area contributed by atoms with Crippen LogP contribution in [-0.4, -0.2) is 34.6 Å². The van der Waals surface area contributed by atoms with Gasteiger partial charge in [0.15, 0.2) is 0 Å². The highest BCUT2D eigenvalue weighted by Gasteiger charge is 2.20. The van der Waals surface area contributed by atoms with Crippen LogP contribution < -0.4 is 9.62 Å². The summed E-state index contributed by atoms with van der Waals surface area (Å²) < 4.78 is 27.1. The highest BCUT2D eigenvalue weighted by atomic mass is 35.5. The van der Waals surface area contributed by atoms with Gasteiger partial charge in [-0.3, -0.25) is 0 Å². The molecule has 0 atom stereocenters. The van der Waals surface area contributed by atoms with Crippen molar-refractivity contribution in [1.29, 1.82) is 0 Å². The monoisotopic (exact) mass is 365 g/mol. The van der Waals surface area contributed by atoms with Gasteiger partial charge in [0.2, 0.25) is 10.0 Å². The molecule has 0 aromatic heterocycles. The summed E-state index contributed by atoms with van der Waals surface area (Å²) in [6, 6.07) is 4.62. The predicted molar refractivity (Wildman–Crippen MR) is 90.2 cm³/mol. The first kappa shape index (κ1) is 18.0. The molecule has 1 fully saturated rings. The molecule has 1 saturated heterocycles. The van der Waals surface area contributed by atoms with Gasteiger partial charge in [0, 0.05) is 13.0 Å². The van der Waals surface area contributed by atoms with Gasteiger partial charge >= 0.3 is 0 Å². The van der Waals surface area contributed by atoms with Crippen LogP contribution in [0.5, 0.6) is 0 Å². The summed E-state index contributed by atoms with van der Waals surface area (Å²) >= 11 is 11.8. The summed E-state index contributed by atoms with van der Waals surface area (Å²) in [7, 11) is -3.60. The van der Waals surface area contributed by atoms with Crippen molar-refractivity contribution in [2.45, 2.75) is 31.1 Å². The molecule has 124 valence electrons. The first-order valence-corrected chi connectivity index (χ1v) is 9.91. The van der Waals surface area contributed by atoms with Crippen molar-refractivity contribution < 1.29 is 13.3 Å². The minimum absolute atomic E-state index is 0.0424. The van der Waals surface area contributed by atoms with E-state index >= 15 is 0 Å². The van der Waals surface area contributed by atoms with Crippen LogP contribution >= 0.6 is 23.2 Å². The van der Waals surface area contributed by atoms with Crippen LogP contribution in [0, 0.1) is 5.92 Å². The minimum Gasteiger partial charge on any atom is -0.335 e. The lowest BCUT2D eigenvalue weighted by Crippen LogP contribution is -3.13. The van der Waals surface area contributed by atoms with Gasteiger partial charge in [-0.2, -0.15) is 0 Å². The molecule has 7 heteroatoms. The summed E-state index contributed by atoms with van der Waals surface area (Å²) in [5.41, 5.74) is 0. The van der Waals surface area contributed by atoms with Crippen LogP contribution in [0.1, 0.15) is 26.2 Å². The molecular formula is C15H23Cl2N2O2S+. The standard InChI is InChI=1S/C15H22Cl2N2O2S/c1-12-6-10-19(11-7-12)9-3-8-18-22(20,21)14-5-2-4-13(16)15(14)17/h2,4-5,12,18H,3,6-11H2,1H3/p+1. The SMILES string of the molecule is CC1CC[NH+](CCCNS(=O)(=O)c2cccc(Cl)c2Cl)CC1. The smallest absolute Gasteiger partial charge is 0.242 e. The Morgan fingerprint density at radius 1 is 1.27 bits per heavy atom. The number of likely N-dealkylation sites (tertiary alicyclic amines) is 1. The number of piperidine rings is 1.